The minimum Gasteiger partial charge on any atom is -0.255 e. The molecule has 4 heteroatoms. The quantitative estimate of drug-likeness (QED) is 0.666. The normalized spacial score (nSPS) is 9.73. The van der Waals surface area contributed by atoms with Crippen LogP contribution in [-0.2, 0) is 0 Å². The Morgan fingerprint density at radius 1 is 1.45 bits per heavy atom. The van der Waals surface area contributed by atoms with Crippen LogP contribution in [0.1, 0.15) is 10.4 Å². The van der Waals surface area contributed by atoms with Crippen molar-refractivity contribution in [1.82, 2.24) is 0 Å². The second-order valence-corrected chi connectivity index (χ2v) is 2.76. The monoisotopic (exact) mass is 220 g/mol. The number of benzene rings is 1. The minimum absolute atomic E-state index is 0.0843. The Kier molecular flexibility index (Phi) is 2.34. The smallest absolute Gasteiger partial charge is 0.255 e. The van der Waals surface area contributed by atoms with Gasteiger partial charge in [-0.15, -0.1) is 0 Å². The molecule has 1 aromatic rings. The van der Waals surface area contributed by atoms with Crippen molar-refractivity contribution >= 4 is 22.0 Å². The van der Waals surface area contributed by atoms with Crippen molar-refractivity contribution in [3.63, 3.8) is 0 Å². The maximum Gasteiger partial charge on any atom is 0.332 e. The molecule has 0 saturated carbocycles. The summed E-state index contributed by atoms with van der Waals surface area (Å²) in [7, 11) is 0. The highest BCUT2D eigenvalue weighted by Crippen LogP contribution is 2.17. The molecule has 0 spiro atoms. The Balaban J connectivity index is 3.15. The van der Waals surface area contributed by atoms with E-state index in [-0.39, 0.29) is 10.0 Å². The second-order valence-electron chi connectivity index (χ2n) is 1.90. The van der Waals surface area contributed by atoms with E-state index in [2.05, 4.69) is 15.9 Å². The van der Waals surface area contributed by atoms with E-state index in [0.29, 0.717) is 0 Å². The maximum absolute atomic E-state index is 12.5. The first-order chi connectivity index (χ1) is 5.11. The molecule has 11 heavy (non-hydrogen) atoms. The van der Waals surface area contributed by atoms with Crippen LogP contribution in [0.2, 0.25) is 0 Å². The van der Waals surface area contributed by atoms with Gasteiger partial charge in [0.1, 0.15) is 5.82 Å². The third-order valence-electron chi connectivity index (χ3n) is 1.15. The molecule has 0 atom stereocenters. The number of rotatable bonds is 1. The molecular weight excluding hydrogens is 218 g/mol. The van der Waals surface area contributed by atoms with Gasteiger partial charge in [0.05, 0.1) is 10.0 Å². The molecule has 0 aromatic heterocycles. The number of carbonyl (C=O) groups is 1. The van der Waals surface area contributed by atoms with Crippen LogP contribution in [0.3, 0.4) is 0 Å². The molecule has 0 radical (unpaired) electrons. The van der Waals surface area contributed by atoms with Gasteiger partial charge in [0, 0.05) is 0 Å². The van der Waals surface area contributed by atoms with Gasteiger partial charge in [0.15, 0.2) is 0 Å². The Bertz CT molecular complexity index is 298. The molecule has 0 amide bonds. The molecule has 1 aromatic carbocycles. The SMILES string of the molecule is O=C(F)c1ccc(F)c(Br)c1. The lowest BCUT2D eigenvalue weighted by Gasteiger charge is -1.94. The van der Waals surface area contributed by atoms with Gasteiger partial charge in [-0.05, 0) is 34.1 Å². The summed E-state index contributed by atoms with van der Waals surface area (Å²) >= 11 is 2.82. The van der Waals surface area contributed by atoms with Crippen LogP contribution in [-0.4, -0.2) is 6.04 Å². The van der Waals surface area contributed by atoms with E-state index in [9.17, 15) is 13.6 Å². The van der Waals surface area contributed by atoms with E-state index in [4.69, 9.17) is 0 Å². The van der Waals surface area contributed by atoms with Crippen LogP contribution >= 0.6 is 15.9 Å². The lowest BCUT2D eigenvalue weighted by molar-refractivity contribution is 0.0836. The van der Waals surface area contributed by atoms with Crippen molar-refractivity contribution in [3.8, 4) is 0 Å². The molecule has 1 nitrogen and oxygen atoms in total. The number of hydrogen-bond donors (Lipinski definition) is 0. The summed E-state index contributed by atoms with van der Waals surface area (Å²) in [5, 5.41) is 0. The Labute approximate surface area is 70.2 Å². The Morgan fingerprint density at radius 2 is 2.09 bits per heavy atom. The first kappa shape index (κ1) is 8.33. The topological polar surface area (TPSA) is 17.1 Å². The highest BCUT2D eigenvalue weighted by atomic mass is 79.9. The summed E-state index contributed by atoms with van der Waals surface area (Å²) in [5.41, 5.74) is -0.154. The highest BCUT2D eigenvalue weighted by molar-refractivity contribution is 9.10. The molecule has 0 heterocycles. The molecule has 0 bridgehead atoms. The van der Waals surface area contributed by atoms with Crippen molar-refractivity contribution in [2.75, 3.05) is 0 Å². The molecule has 58 valence electrons. The third kappa shape index (κ3) is 1.83. The van der Waals surface area contributed by atoms with E-state index in [1.165, 1.54) is 0 Å². The lowest BCUT2D eigenvalue weighted by Crippen LogP contribution is -1.90. The molecule has 0 fully saturated rings. The second kappa shape index (κ2) is 3.09. The van der Waals surface area contributed by atoms with Crippen LogP contribution in [0.15, 0.2) is 22.7 Å². The summed E-state index contributed by atoms with van der Waals surface area (Å²) in [6.07, 6.45) is 0. The molecule has 0 aliphatic carbocycles. The minimum atomic E-state index is -1.56. The molecule has 0 unspecified atom stereocenters. The zero-order valence-electron chi connectivity index (χ0n) is 5.27. The lowest BCUT2D eigenvalue weighted by atomic mass is 10.2. The Hall–Kier alpha value is -0.770. The molecule has 0 N–H and O–H groups in total. The van der Waals surface area contributed by atoms with E-state index < -0.39 is 11.9 Å². The van der Waals surface area contributed by atoms with E-state index in [1.807, 2.05) is 0 Å². The summed E-state index contributed by atoms with van der Waals surface area (Å²) in [5.74, 6) is -0.519. The van der Waals surface area contributed by atoms with Crippen molar-refractivity contribution < 1.29 is 13.6 Å². The standard InChI is InChI=1S/C7H3BrF2O/c8-5-3-4(7(10)11)1-2-6(5)9/h1-3H. The molecule has 0 aliphatic heterocycles. The van der Waals surface area contributed by atoms with Crippen LogP contribution < -0.4 is 0 Å². The predicted molar refractivity (Wildman–Crippen MR) is 39.5 cm³/mol. The van der Waals surface area contributed by atoms with E-state index in [1.54, 1.807) is 0 Å². The first-order valence-electron chi connectivity index (χ1n) is 2.76. The fourth-order valence-corrected chi connectivity index (χ4v) is 0.997. The van der Waals surface area contributed by atoms with Gasteiger partial charge in [-0.1, -0.05) is 0 Å². The van der Waals surface area contributed by atoms with Gasteiger partial charge in [-0.25, -0.2) is 4.39 Å². The van der Waals surface area contributed by atoms with E-state index >= 15 is 0 Å². The molecular formula is C7H3BrF2O. The zero-order chi connectivity index (χ0) is 8.43. The van der Waals surface area contributed by atoms with Crippen LogP contribution in [0.5, 0.6) is 0 Å². The molecule has 0 aliphatic rings. The summed E-state index contributed by atoms with van der Waals surface area (Å²) in [4.78, 5) is 10.1. The average molecular weight is 221 g/mol. The molecule has 1 rings (SSSR count). The van der Waals surface area contributed by atoms with Gasteiger partial charge < -0.3 is 0 Å². The summed E-state index contributed by atoms with van der Waals surface area (Å²) in [6, 6.07) is 1.64. The van der Waals surface area contributed by atoms with Crippen LogP contribution in [0.25, 0.3) is 0 Å². The maximum atomic E-state index is 12.5. The average Bonchev–Trinajstić information content (AvgIpc) is 1.94. The van der Waals surface area contributed by atoms with Gasteiger partial charge in [0.25, 0.3) is 0 Å². The Morgan fingerprint density at radius 3 is 2.55 bits per heavy atom. The zero-order valence-corrected chi connectivity index (χ0v) is 6.86. The number of carbonyl (C=O) groups excluding carboxylic acids is 1. The van der Waals surface area contributed by atoms with Gasteiger partial charge in [-0.3, -0.25) is 4.79 Å². The van der Waals surface area contributed by atoms with Gasteiger partial charge in [-0.2, -0.15) is 4.39 Å². The highest BCUT2D eigenvalue weighted by Gasteiger charge is 2.05. The number of hydrogen-bond acceptors (Lipinski definition) is 1. The van der Waals surface area contributed by atoms with Gasteiger partial charge >= 0.3 is 6.04 Å². The number of halogens is 3. The fraction of sp³-hybridized carbons (Fsp3) is 0. The largest absolute Gasteiger partial charge is 0.332 e. The fourth-order valence-electron chi connectivity index (χ4n) is 0.618. The third-order valence-corrected chi connectivity index (χ3v) is 1.75. The van der Waals surface area contributed by atoms with Crippen LogP contribution in [0.4, 0.5) is 8.78 Å². The first-order valence-corrected chi connectivity index (χ1v) is 3.55. The summed E-state index contributed by atoms with van der Waals surface area (Å²) in [6.45, 7) is 0. The van der Waals surface area contributed by atoms with Crippen molar-refractivity contribution in [1.29, 1.82) is 0 Å². The van der Waals surface area contributed by atoms with Crippen molar-refractivity contribution in [2.24, 2.45) is 0 Å². The van der Waals surface area contributed by atoms with Crippen molar-refractivity contribution in [2.45, 2.75) is 0 Å². The molecule has 0 saturated heterocycles. The summed E-state index contributed by atoms with van der Waals surface area (Å²) < 4.78 is 24.5. The predicted octanol–water partition coefficient (Wildman–Crippen LogP) is 2.70. The van der Waals surface area contributed by atoms with Gasteiger partial charge in [0.2, 0.25) is 0 Å². The van der Waals surface area contributed by atoms with Crippen molar-refractivity contribution in [3.05, 3.63) is 34.1 Å². The van der Waals surface area contributed by atoms with Crippen LogP contribution in [0, 0.1) is 5.82 Å². The van der Waals surface area contributed by atoms with E-state index in [0.717, 1.165) is 18.2 Å².